The molecule has 3 aromatic carbocycles. The molecule has 0 aromatic heterocycles. The van der Waals surface area contributed by atoms with Crippen molar-refractivity contribution >= 4 is 27.5 Å². The SMILES string of the molecule is CCCCNC(=O)C(Cc1ccccc1)N(Cc1ccccc1F)C(=O)CCCN(c1ccccc1C)S(C)(=O)=O. The molecule has 41 heavy (non-hydrogen) atoms. The van der Waals surface area contributed by atoms with Crippen molar-refractivity contribution in [3.05, 3.63) is 101 Å². The molecular weight excluding hydrogens is 541 g/mol. The number of para-hydroxylation sites is 1. The van der Waals surface area contributed by atoms with Crippen LogP contribution in [0.4, 0.5) is 10.1 Å². The van der Waals surface area contributed by atoms with Gasteiger partial charge in [-0.3, -0.25) is 13.9 Å². The highest BCUT2D eigenvalue weighted by Crippen LogP contribution is 2.23. The number of unbranched alkanes of at least 4 members (excludes halogenated alkanes) is 1. The number of hydrogen-bond acceptors (Lipinski definition) is 4. The van der Waals surface area contributed by atoms with Gasteiger partial charge in [0.15, 0.2) is 0 Å². The Balaban J connectivity index is 1.88. The lowest BCUT2D eigenvalue weighted by atomic mass is 10.0. The number of hydrogen-bond donors (Lipinski definition) is 1. The molecule has 1 unspecified atom stereocenters. The predicted octanol–water partition coefficient (Wildman–Crippen LogP) is 5.24. The lowest BCUT2D eigenvalue weighted by Crippen LogP contribution is -2.50. The molecule has 0 aliphatic rings. The Morgan fingerprint density at radius 1 is 0.927 bits per heavy atom. The molecule has 0 saturated carbocycles. The number of aryl methyl sites for hydroxylation is 1. The molecule has 0 fully saturated rings. The van der Waals surface area contributed by atoms with Gasteiger partial charge in [0, 0.05) is 38.0 Å². The van der Waals surface area contributed by atoms with Crippen LogP contribution in [-0.4, -0.2) is 50.5 Å². The van der Waals surface area contributed by atoms with Crippen molar-refractivity contribution < 1.29 is 22.4 Å². The van der Waals surface area contributed by atoms with E-state index >= 15 is 0 Å². The third-order valence-corrected chi connectivity index (χ3v) is 8.12. The lowest BCUT2D eigenvalue weighted by molar-refractivity contribution is -0.141. The summed E-state index contributed by atoms with van der Waals surface area (Å²) in [7, 11) is -3.60. The molecule has 0 heterocycles. The fourth-order valence-corrected chi connectivity index (χ4v) is 5.72. The van der Waals surface area contributed by atoms with Crippen LogP contribution in [0.2, 0.25) is 0 Å². The molecule has 0 bridgehead atoms. The Labute approximate surface area is 243 Å². The molecule has 0 saturated heterocycles. The summed E-state index contributed by atoms with van der Waals surface area (Å²) in [6, 6.07) is 21.9. The zero-order valence-corrected chi connectivity index (χ0v) is 24.9. The zero-order valence-electron chi connectivity index (χ0n) is 24.1. The van der Waals surface area contributed by atoms with Gasteiger partial charge in [-0.25, -0.2) is 12.8 Å². The fourth-order valence-electron chi connectivity index (χ4n) is 4.70. The molecule has 2 amide bonds. The number of rotatable bonds is 15. The average Bonchev–Trinajstić information content (AvgIpc) is 2.94. The lowest BCUT2D eigenvalue weighted by Gasteiger charge is -2.32. The molecule has 220 valence electrons. The molecule has 0 aliphatic heterocycles. The predicted molar refractivity (Wildman–Crippen MR) is 161 cm³/mol. The van der Waals surface area contributed by atoms with E-state index in [9.17, 15) is 22.4 Å². The highest BCUT2D eigenvalue weighted by molar-refractivity contribution is 7.92. The molecule has 1 atom stereocenters. The first-order valence-electron chi connectivity index (χ1n) is 14.0. The molecule has 3 aromatic rings. The summed E-state index contributed by atoms with van der Waals surface area (Å²) in [6.07, 6.45) is 3.31. The van der Waals surface area contributed by atoms with E-state index in [1.54, 1.807) is 30.3 Å². The zero-order chi connectivity index (χ0) is 29.8. The first kappa shape index (κ1) is 31.8. The van der Waals surface area contributed by atoms with Crippen LogP contribution in [0.5, 0.6) is 0 Å². The maximum atomic E-state index is 14.8. The average molecular weight is 582 g/mol. The van der Waals surface area contributed by atoms with Gasteiger partial charge in [-0.2, -0.15) is 0 Å². The Bertz CT molecular complexity index is 1400. The maximum Gasteiger partial charge on any atom is 0.243 e. The van der Waals surface area contributed by atoms with Gasteiger partial charge >= 0.3 is 0 Å². The standard InChI is InChI=1S/C32H40FN3O4S/c1-4-5-21-34-32(38)30(23-26-15-7-6-8-16-26)35(24-27-17-10-11-18-28(27)33)31(37)20-13-22-36(41(3,39)40)29-19-12-9-14-25(29)2/h6-12,14-19,30H,4-5,13,20-24H2,1-3H3,(H,34,38). The third-order valence-electron chi connectivity index (χ3n) is 6.94. The van der Waals surface area contributed by atoms with Crippen molar-refractivity contribution in [2.45, 2.75) is 58.5 Å². The van der Waals surface area contributed by atoms with Crippen LogP contribution >= 0.6 is 0 Å². The third kappa shape index (κ3) is 9.42. The number of carbonyl (C=O) groups is 2. The second-order valence-electron chi connectivity index (χ2n) is 10.2. The Hall–Kier alpha value is -3.72. The molecule has 3 rings (SSSR count). The van der Waals surface area contributed by atoms with E-state index in [1.165, 1.54) is 15.3 Å². The summed E-state index contributed by atoms with van der Waals surface area (Å²) in [5, 5.41) is 2.95. The second-order valence-corrected chi connectivity index (χ2v) is 12.1. The minimum atomic E-state index is -3.60. The number of halogens is 1. The van der Waals surface area contributed by atoms with Crippen LogP contribution in [0.1, 0.15) is 49.3 Å². The smallest absolute Gasteiger partial charge is 0.243 e. The van der Waals surface area contributed by atoms with Crippen molar-refractivity contribution in [2.24, 2.45) is 0 Å². The molecule has 0 spiro atoms. The summed E-state index contributed by atoms with van der Waals surface area (Å²) < 4.78 is 41.3. The molecule has 0 aliphatic carbocycles. The number of anilines is 1. The van der Waals surface area contributed by atoms with E-state index in [0.29, 0.717) is 17.8 Å². The highest BCUT2D eigenvalue weighted by atomic mass is 32.2. The van der Waals surface area contributed by atoms with Crippen molar-refractivity contribution in [1.29, 1.82) is 0 Å². The van der Waals surface area contributed by atoms with Crippen LogP contribution in [0.15, 0.2) is 78.9 Å². The number of carbonyl (C=O) groups excluding carboxylic acids is 2. The summed E-state index contributed by atoms with van der Waals surface area (Å²) in [4.78, 5) is 28.7. The minimum Gasteiger partial charge on any atom is -0.354 e. The number of sulfonamides is 1. The second kappa shape index (κ2) is 15.3. The van der Waals surface area contributed by atoms with Crippen LogP contribution in [0.3, 0.4) is 0 Å². The monoisotopic (exact) mass is 581 g/mol. The van der Waals surface area contributed by atoms with E-state index in [2.05, 4.69) is 5.32 Å². The van der Waals surface area contributed by atoms with Crippen molar-refractivity contribution in [3.63, 3.8) is 0 Å². The van der Waals surface area contributed by atoms with Gasteiger partial charge in [0.25, 0.3) is 0 Å². The van der Waals surface area contributed by atoms with E-state index in [1.807, 2.05) is 56.3 Å². The fraction of sp³-hybridized carbons (Fsp3) is 0.375. The summed E-state index contributed by atoms with van der Waals surface area (Å²) in [5.74, 6) is -1.11. The first-order chi connectivity index (χ1) is 19.6. The van der Waals surface area contributed by atoms with E-state index in [0.717, 1.165) is 30.2 Å². The Morgan fingerprint density at radius 2 is 1.59 bits per heavy atom. The molecule has 9 heteroatoms. The Kier molecular flexibility index (Phi) is 11.9. The normalized spacial score (nSPS) is 12.0. The van der Waals surface area contributed by atoms with Gasteiger partial charge in [-0.15, -0.1) is 0 Å². The van der Waals surface area contributed by atoms with Crippen molar-refractivity contribution in [3.8, 4) is 0 Å². The minimum absolute atomic E-state index is 0.0140. The Morgan fingerprint density at radius 3 is 2.24 bits per heavy atom. The largest absolute Gasteiger partial charge is 0.354 e. The first-order valence-corrected chi connectivity index (χ1v) is 15.8. The topological polar surface area (TPSA) is 86.8 Å². The molecular formula is C32H40FN3O4S. The maximum absolute atomic E-state index is 14.8. The van der Waals surface area contributed by atoms with Crippen LogP contribution in [-0.2, 0) is 32.6 Å². The van der Waals surface area contributed by atoms with Gasteiger partial charge in [-0.1, -0.05) is 80.1 Å². The molecule has 1 N–H and O–H groups in total. The van der Waals surface area contributed by atoms with E-state index in [-0.39, 0.29) is 44.2 Å². The number of amides is 2. The van der Waals surface area contributed by atoms with Crippen molar-refractivity contribution in [1.82, 2.24) is 10.2 Å². The molecule has 0 radical (unpaired) electrons. The van der Waals surface area contributed by atoms with Gasteiger partial charge in [0.1, 0.15) is 11.9 Å². The summed E-state index contributed by atoms with van der Waals surface area (Å²) >= 11 is 0. The summed E-state index contributed by atoms with van der Waals surface area (Å²) in [6.45, 7) is 4.34. The van der Waals surface area contributed by atoms with Crippen LogP contribution in [0, 0.1) is 12.7 Å². The van der Waals surface area contributed by atoms with Gasteiger partial charge < -0.3 is 10.2 Å². The summed E-state index contributed by atoms with van der Waals surface area (Å²) in [5.41, 5.74) is 2.54. The number of benzene rings is 3. The molecule has 7 nitrogen and oxygen atoms in total. The van der Waals surface area contributed by atoms with Gasteiger partial charge in [0.2, 0.25) is 21.8 Å². The highest BCUT2D eigenvalue weighted by Gasteiger charge is 2.31. The van der Waals surface area contributed by atoms with Crippen molar-refractivity contribution in [2.75, 3.05) is 23.7 Å². The van der Waals surface area contributed by atoms with Crippen LogP contribution in [0.25, 0.3) is 0 Å². The van der Waals surface area contributed by atoms with Gasteiger partial charge in [0.05, 0.1) is 11.9 Å². The van der Waals surface area contributed by atoms with E-state index < -0.39 is 21.9 Å². The number of nitrogens with one attached hydrogen (secondary N) is 1. The number of nitrogens with zero attached hydrogens (tertiary/aromatic N) is 2. The van der Waals surface area contributed by atoms with E-state index in [4.69, 9.17) is 0 Å². The quantitative estimate of drug-likeness (QED) is 0.249. The van der Waals surface area contributed by atoms with Crippen LogP contribution < -0.4 is 9.62 Å². The van der Waals surface area contributed by atoms with Gasteiger partial charge in [-0.05, 0) is 43.0 Å².